The van der Waals surface area contributed by atoms with Crippen molar-refractivity contribution in [2.45, 2.75) is 49.5 Å². The highest BCUT2D eigenvalue weighted by atomic mass is 32.3. The number of unbranched alkanes of at least 4 members (excludes halogenated alkanes) is 1. The average molecular weight is 300 g/mol. The van der Waals surface area contributed by atoms with Crippen molar-refractivity contribution >= 4 is 21.6 Å². The van der Waals surface area contributed by atoms with E-state index in [1.807, 2.05) is 32.2 Å². The standard InChI is InChI=1S/C15H24O2S2/c1-5-6-7-13(3)15(18-4)19(16,17)14-10-8-12(2)9-11-14/h8-11,13,15H,5-7H2,1-4H3/t13-,15+/m0/s1. The van der Waals surface area contributed by atoms with Gasteiger partial charge in [-0.15, -0.1) is 11.8 Å². The first-order valence-corrected chi connectivity index (χ1v) is 9.60. The van der Waals surface area contributed by atoms with E-state index in [2.05, 4.69) is 6.92 Å². The SMILES string of the molecule is CCCC[C@H](C)[C@H](SC)S(=O)(=O)c1ccc(C)cc1. The fraction of sp³-hybridized carbons (Fsp3) is 0.600. The minimum atomic E-state index is -3.23. The fourth-order valence-electron chi connectivity index (χ4n) is 2.19. The highest BCUT2D eigenvalue weighted by Crippen LogP contribution is 2.31. The predicted octanol–water partition coefficient (Wildman–Crippen LogP) is 4.28. The lowest BCUT2D eigenvalue weighted by Gasteiger charge is -2.22. The van der Waals surface area contributed by atoms with Crippen molar-refractivity contribution in [3.05, 3.63) is 29.8 Å². The van der Waals surface area contributed by atoms with Crippen LogP contribution >= 0.6 is 11.8 Å². The largest absolute Gasteiger partial charge is 0.223 e. The summed E-state index contributed by atoms with van der Waals surface area (Å²) in [5.41, 5.74) is 1.08. The molecule has 0 fully saturated rings. The molecule has 19 heavy (non-hydrogen) atoms. The van der Waals surface area contributed by atoms with Crippen molar-refractivity contribution in [2.24, 2.45) is 5.92 Å². The minimum absolute atomic E-state index is 0.182. The first-order chi connectivity index (χ1) is 8.93. The lowest BCUT2D eigenvalue weighted by Crippen LogP contribution is -2.25. The normalized spacial score (nSPS) is 15.2. The first-order valence-electron chi connectivity index (χ1n) is 6.76. The maximum Gasteiger partial charge on any atom is 0.190 e. The van der Waals surface area contributed by atoms with Crippen LogP contribution in [0.3, 0.4) is 0 Å². The van der Waals surface area contributed by atoms with Crippen molar-refractivity contribution < 1.29 is 8.42 Å². The Morgan fingerprint density at radius 2 is 1.79 bits per heavy atom. The van der Waals surface area contributed by atoms with Gasteiger partial charge in [0.1, 0.15) is 4.58 Å². The van der Waals surface area contributed by atoms with E-state index in [9.17, 15) is 8.42 Å². The van der Waals surface area contributed by atoms with E-state index in [-0.39, 0.29) is 10.5 Å². The van der Waals surface area contributed by atoms with Gasteiger partial charge in [-0.25, -0.2) is 8.42 Å². The van der Waals surface area contributed by atoms with E-state index >= 15 is 0 Å². The van der Waals surface area contributed by atoms with Crippen molar-refractivity contribution in [3.8, 4) is 0 Å². The number of sulfone groups is 1. The zero-order valence-corrected chi connectivity index (χ0v) is 13.9. The van der Waals surface area contributed by atoms with Crippen molar-refractivity contribution in [1.82, 2.24) is 0 Å². The van der Waals surface area contributed by atoms with E-state index in [0.717, 1.165) is 24.8 Å². The third kappa shape index (κ3) is 4.25. The molecule has 2 atom stereocenters. The van der Waals surface area contributed by atoms with E-state index in [0.29, 0.717) is 4.90 Å². The molecule has 0 N–H and O–H groups in total. The van der Waals surface area contributed by atoms with Gasteiger partial charge in [-0.2, -0.15) is 0 Å². The topological polar surface area (TPSA) is 34.1 Å². The van der Waals surface area contributed by atoms with Crippen molar-refractivity contribution in [1.29, 1.82) is 0 Å². The minimum Gasteiger partial charge on any atom is -0.223 e. The lowest BCUT2D eigenvalue weighted by molar-refractivity contribution is 0.515. The van der Waals surface area contributed by atoms with Crippen LogP contribution in [0.25, 0.3) is 0 Å². The Morgan fingerprint density at radius 1 is 1.21 bits per heavy atom. The zero-order valence-electron chi connectivity index (χ0n) is 12.2. The molecule has 0 bridgehead atoms. The molecule has 0 aromatic heterocycles. The Kier molecular flexibility index (Phi) is 6.40. The molecule has 1 aromatic rings. The maximum absolute atomic E-state index is 12.7. The molecule has 1 rings (SSSR count). The highest BCUT2D eigenvalue weighted by molar-refractivity contribution is 8.13. The molecule has 0 aliphatic carbocycles. The van der Waals surface area contributed by atoms with Crippen LogP contribution in [0.4, 0.5) is 0 Å². The summed E-state index contributed by atoms with van der Waals surface area (Å²) in [7, 11) is -3.23. The Bertz CT molecular complexity index is 477. The highest BCUT2D eigenvalue weighted by Gasteiger charge is 2.31. The van der Waals surface area contributed by atoms with Crippen LogP contribution in [0.1, 0.15) is 38.7 Å². The molecule has 0 saturated heterocycles. The molecule has 4 heteroatoms. The van der Waals surface area contributed by atoms with Gasteiger partial charge in [0.2, 0.25) is 0 Å². The molecule has 0 amide bonds. The van der Waals surface area contributed by atoms with Gasteiger partial charge in [-0.3, -0.25) is 0 Å². The maximum atomic E-state index is 12.7. The number of benzene rings is 1. The second-order valence-corrected chi connectivity index (χ2v) is 8.43. The Hall–Kier alpha value is -0.480. The fourth-order valence-corrected chi connectivity index (χ4v) is 5.67. The molecule has 108 valence electrons. The van der Waals surface area contributed by atoms with Gasteiger partial charge in [0.15, 0.2) is 9.84 Å². The number of hydrogen-bond acceptors (Lipinski definition) is 3. The summed E-state index contributed by atoms with van der Waals surface area (Å²) in [6, 6.07) is 7.17. The lowest BCUT2D eigenvalue weighted by atomic mass is 10.1. The van der Waals surface area contributed by atoms with Gasteiger partial charge in [0.25, 0.3) is 0 Å². The summed E-state index contributed by atoms with van der Waals surface area (Å²) in [5, 5.41) is 0. The Labute approximate surface area is 121 Å². The van der Waals surface area contributed by atoms with Gasteiger partial charge >= 0.3 is 0 Å². The van der Waals surface area contributed by atoms with Crippen molar-refractivity contribution in [3.63, 3.8) is 0 Å². The molecule has 0 spiro atoms. The molecule has 0 aliphatic heterocycles. The number of rotatable bonds is 7. The Balaban J connectivity index is 2.98. The van der Waals surface area contributed by atoms with Crippen LogP contribution in [-0.2, 0) is 9.84 Å². The van der Waals surface area contributed by atoms with Gasteiger partial charge in [0, 0.05) is 0 Å². The monoisotopic (exact) mass is 300 g/mol. The quantitative estimate of drug-likeness (QED) is 0.753. The number of aryl methyl sites for hydroxylation is 1. The van der Waals surface area contributed by atoms with Crippen LogP contribution in [0.2, 0.25) is 0 Å². The van der Waals surface area contributed by atoms with Gasteiger partial charge in [0.05, 0.1) is 4.90 Å². The third-order valence-corrected chi connectivity index (χ3v) is 7.64. The van der Waals surface area contributed by atoms with Crippen LogP contribution in [0.15, 0.2) is 29.2 Å². The van der Waals surface area contributed by atoms with Gasteiger partial charge in [-0.05, 0) is 37.7 Å². The molecule has 1 aromatic carbocycles. The summed E-state index contributed by atoms with van der Waals surface area (Å²) < 4.78 is 25.0. The summed E-state index contributed by atoms with van der Waals surface area (Å²) in [6.07, 6.45) is 5.05. The van der Waals surface area contributed by atoms with E-state index < -0.39 is 9.84 Å². The smallest absolute Gasteiger partial charge is 0.190 e. The van der Waals surface area contributed by atoms with Crippen LogP contribution in [0, 0.1) is 12.8 Å². The summed E-state index contributed by atoms with van der Waals surface area (Å²) in [4.78, 5) is 0.445. The van der Waals surface area contributed by atoms with Crippen LogP contribution in [-0.4, -0.2) is 19.3 Å². The molecular formula is C15H24O2S2. The van der Waals surface area contributed by atoms with Crippen LogP contribution < -0.4 is 0 Å². The molecule has 0 unspecified atom stereocenters. The molecular weight excluding hydrogens is 276 g/mol. The van der Waals surface area contributed by atoms with E-state index in [4.69, 9.17) is 0 Å². The second-order valence-electron chi connectivity index (χ2n) is 5.08. The number of hydrogen-bond donors (Lipinski definition) is 0. The van der Waals surface area contributed by atoms with Gasteiger partial charge in [-0.1, -0.05) is 44.4 Å². The summed E-state index contributed by atoms with van der Waals surface area (Å²) in [5.74, 6) is 0.182. The van der Waals surface area contributed by atoms with Crippen molar-refractivity contribution in [2.75, 3.05) is 6.26 Å². The predicted molar refractivity (Wildman–Crippen MR) is 84.4 cm³/mol. The zero-order chi connectivity index (χ0) is 14.5. The molecule has 0 heterocycles. The molecule has 0 saturated carbocycles. The van der Waals surface area contributed by atoms with Crippen LogP contribution in [0.5, 0.6) is 0 Å². The Morgan fingerprint density at radius 3 is 2.26 bits per heavy atom. The number of thioether (sulfide) groups is 1. The molecule has 0 radical (unpaired) electrons. The van der Waals surface area contributed by atoms with E-state index in [1.54, 1.807) is 12.1 Å². The summed E-state index contributed by atoms with van der Waals surface area (Å²) >= 11 is 1.45. The molecule has 2 nitrogen and oxygen atoms in total. The van der Waals surface area contributed by atoms with Gasteiger partial charge < -0.3 is 0 Å². The average Bonchev–Trinajstić information content (AvgIpc) is 2.37. The first kappa shape index (κ1) is 16.6. The molecule has 0 aliphatic rings. The third-order valence-electron chi connectivity index (χ3n) is 3.37. The van der Waals surface area contributed by atoms with E-state index in [1.165, 1.54) is 11.8 Å². The second kappa shape index (κ2) is 7.34. The summed E-state index contributed by atoms with van der Waals surface area (Å²) in [6.45, 7) is 6.14.